The summed E-state index contributed by atoms with van der Waals surface area (Å²) < 4.78 is 12.1. The van der Waals surface area contributed by atoms with Crippen molar-refractivity contribution in [1.29, 1.82) is 0 Å². The fourth-order valence-corrected chi connectivity index (χ4v) is 2.85. The van der Waals surface area contributed by atoms with Crippen LogP contribution in [0.4, 0.5) is 11.4 Å². The van der Waals surface area contributed by atoms with E-state index in [1.165, 1.54) is 38.5 Å². The third-order valence-corrected chi connectivity index (χ3v) is 4.32. The molecule has 0 saturated heterocycles. The molecule has 4 nitrogen and oxygen atoms in total. The standard InChI is InChI=1S/C22H32N2O2/c1-2-3-4-5-6-7-8-12-22(25-20-15-13-18(23)14-16-20)26-21-11-9-10-19(24)17-21/h9-11,13-17,22H,2-8,12,23-24H2,1H3. The number of benzene rings is 2. The molecule has 0 aromatic heterocycles. The van der Waals surface area contributed by atoms with Gasteiger partial charge in [-0.1, -0.05) is 51.5 Å². The lowest BCUT2D eigenvalue weighted by Gasteiger charge is -2.21. The fourth-order valence-electron chi connectivity index (χ4n) is 2.85. The van der Waals surface area contributed by atoms with E-state index >= 15 is 0 Å². The van der Waals surface area contributed by atoms with E-state index in [4.69, 9.17) is 20.9 Å². The molecule has 142 valence electrons. The van der Waals surface area contributed by atoms with Gasteiger partial charge in [-0.2, -0.15) is 0 Å². The summed E-state index contributed by atoms with van der Waals surface area (Å²) in [5, 5.41) is 0. The predicted molar refractivity (Wildman–Crippen MR) is 109 cm³/mol. The fraction of sp³-hybridized carbons (Fsp3) is 0.455. The van der Waals surface area contributed by atoms with Gasteiger partial charge in [0.15, 0.2) is 0 Å². The van der Waals surface area contributed by atoms with E-state index in [9.17, 15) is 0 Å². The summed E-state index contributed by atoms with van der Waals surface area (Å²) in [4.78, 5) is 0. The van der Waals surface area contributed by atoms with Crippen LogP contribution >= 0.6 is 0 Å². The molecule has 0 spiro atoms. The van der Waals surface area contributed by atoms with Gasteiger partial charge in [0, 0.05) is 23.9 Å². The second kappa shape index (κ2) is 11.3. The van der Waals surface area contributed by atoms with Gasteiger partial charge in [-0.15, -0.1) is 0 Å². The van der Waals surface area contributed by atoms with Crippen molar-refractivity contribution in [3.05, 3.63) is 48.5 Å². The van der Waals surface area contributed by atoms with E-state index in [0.29, 0.717) is 5.69 Å². The second-order valence-electron chi connectivity index (χ2n) is 6.72. The molecule has 2 aromatic carbocycles. The minimum Gasteiger partial charge on any atom is -0.455 e. The number of nitrogens with two attached hydrogens (primary N) is 2. The smallest absolute Gasteiger partial charge is 0.241 e. The molecule has 0 aliphatic carbocycles. The molecule has 0 fully saturated rings. The summed E-state index contributed by atoms with van der Waals surface area (Å²) in [6, 6.07) is 14.9. The molecule has 4 heteroatoms. The van der Waals surface area contributed by atoms with Crippen molar-refractivity contribution in [2.45, 2.75) is 64.6 Å². The van der Waals surface area contributed by atoms with Gasteiger partial charge in [0.25, 0.3) is 0 Å². The Morgan fingerprint density at radius 1 is 0.731 bits per heavy atom. The van der Waals surface area contributed by atoms with Gasteiger partial charge in [0.2, 0.25) is 6.29 Å². The average Bonchev–Trinajstić information content (AvgIpc) is 2.63. The van der Waals surface area contributed by atoms with Crippen LogP contribution in [0.2, 0.25) is 0 Å². The zero-order chi connectivity index (χ0) is 18.6. The van der Waals surface area contributed by atoms with Crippen molar-refractivity contribution >= 4 is 11.4 Å². The van der Waals surface area contributed by atoms with E-state index in [1.807, 2.05) is 48.5 Å². The maximum absolute atomic E-state index is 6.04. The molecule has 2 aromatic rings. The zero-order valence-corrected chi connectivity index (χ0v) is 15.8. The SMILES string of the molecule is CCCCCCCCCC(Oc1ccc(N)cc1)Oc1cccc(N)c1. The molecule has 1 atom stereocenters. The Morgan fingerprint density at radius 2 is 1.38 bits per heavy atom. The number of ether oxygens (including phenoxy) is 2. The van der Waals surface area contributed by atoms with Gasteiger partial charge in [-0.3, -0.25) is 0 Å². The Morgan fingerprint density at radius 3 is 2.08 bits per heavy atom. The van der Waals surface area contributed by atoms with Crippen LogP contribution in [0, 0.1) is 0 Å². The number of unbranched alkanes of at least 4 members (excludes halogenated alkanes) is 6. The van der Waals surface area contributed by atoms with Crippen LogP contribution < -0.4 is 20.9 Å². The van der Waals surface area contributed by atoms with Gasteiger partial charge < -0.3 is 20.9 Å². The lowest BCUT2D eigenvalue weighted by molar-refractivity contribution is -0.00239. The van der Waals surface area contributed by atoms with E-state index in [2.05, 4.69) is 6.92 Å². The Bertz CT molecular complexity index is 628. The van der Waals surface area contributed by atoms with Gasteiger partial charge in [0.05, 0.1) is 0 Å². The number of hydrogen-bond donors (Lipinski definition) is 2. The van der Waals surface area contributed by atoms with Crippen LogP contribution in [0.3, 0.4) is 0 Å². The van der Waals surface area contributed by atoms with Crippen LogP contribution in [0.25, 0.3) is 0 Å². The Hall–Kier alpha value is -2.36. The number of rotatable bonds is 12. The third-order valence-electron chi connectivity index (χ3n) is 4.32. The molecule has 2 rings (SSSR count). The highest BCUT2D eigenvalue weighted by atomic mass is 16.7. The molecule has 4 N–H and O–H groups in total. The molecule has 0 amide bonds. The Balaban J connectivity index is 1.87. The van der Waals surface area contributed by atoms with Crippen LogP contribution in [-0.4, -0.2) is 6.29 Å². The maximum Gasteiger partial charge on any atom is 0.241 e. The largest absolute Gasteiger partial charge is 0.455 e. The first-order chi connectivity index (χ1) is 12.7. The Labute approximate surface area is 157 Å². The number of nitrogen functional groups attached to an aromatic ring is 2. The predicted octanol–water partition coefficient (Wildman–Crippen LogP) is 5.78. The van der Waals surface area contributed by atoms with Crippen molar-refractivity contribution in [3.8, 4) is 11.5 Å². The molecule has 26 heavy (non-hydrogen) atoms. The van der Waals surface area contributed by atoms with E-state index in [-0.39, 0.29) is 6.29 Å². The number of hydrogen-bond acceptors (Lipinski definition) is 4. The van der Waals surface area contributed by atoms with Crippen molar-refractivity contribution in [3.63, 3.8) is 0 Å². The van der Waals surface area contributed by atoms with Crippen LogP contribution in [-0.2, 0) is 0 Å². The average molecular weight is 357 g/mol. The highest BCUT2D eigenvalue weighted by Crippen LogP contribution is 2.22. The molecule has 0 aliphatic heterocycles. The van der Waals surface area contributed by atoms with Crippen LogP contribution in [0.15, 0.2) is 48.5 Å². The quantitative estimate of drug-likeness (QED) is 0.287. The first-order valence-electron chi connectivity index (χ1n) is 9.72. The second-order valence-corrected chi connectivity index (χ2v) is 6.72. The van der Waals surface area contributed by atoms with Crippen LogP contribution in [0.5, 0.6) is 11.5 Å². The summed E-state index contributed by atoms with van der Waals surface area (Å²) in [6.07, 6.45) is 9.32. The van der Waals surface area contributed by atoms with Crippen molar-refractivity contribution in [2.75, 3.05) is 11.5 Å². The van der Waals surface area contributed by atoms with E-state index in [1.54, 1.807) is 0 Å². The molecule has 0 radical (unpaired) electrons. The minimum atomic E-state index is -0.337. The van der Waals surface area contributed by atoms with Gasteiger partial charge in [-0.25, -0.2) is 0 Å². The first-order valence-corrected chi connectivity index (χ1v) is 9.72. The lowest BCUT2D eigenvalue weighted by Crippen LogP contribution is -2.24. The minimum absolute atomic E-state index is 0.337. The van der Waals surface area contributed by atoms with Crippen LogP contribution in [0.1, 0.15) is 58.3 Å². The van der Waals surface area contributed by atoms with Crippen molar-refractivity contribution in [1.82, 2.24) is 0 Å². The summed E-state index contributed by atoms with van der Waals surface area (Å²) in [5.41, 5.74) is 13.0. The normalized spacial score (nSPS) is 11.9. The van der Waals surface area contributed by atoms with Crippen molar-refractivity contribution < 1.29 is 9.47 Å². The number of anilines is 2. The maximum atomic E-state index is 6.04. The summed E-state index contributed by atoms with van der Waals surface area (Å²) in [7, 11) is 0. The molecular weight excluding hydrogens is 324 g/mol. The molecular formula is C22H32N2O2. The summed E-state index contributed by atoms with van der Waals surface area (Å²) in [5.74, 6) is 1.49. The lowest BCUT2D eigenvalue weighted by atomic mass is 10.1. The summed E-state index contributed by atoms with van der Waals surface area (Å²) >= 11 is 0. The van der Waals surface area contributed by atoms with E-state index in [0.717, 1.165) is 30.0 Å². The highest BCUT2D eigenvalue weighted by Gasteiger charge is 2.13. The molecule has 0 heterocycles. The topological polar surface area (TPSA) is 70.5 Å². The molecule has 0 bridgehead atoms. The highest BCUT2D eigenvalue weighted by molar-refractivity contribution is 5.44. The molecule has 0 saturated carbocycles. The van der Waals surface area contributed by atoms with Gasteiger partial charge in [-0.05, 0) is 42.8 Å². The zero-order valence-electron chi connectivity index (χ0n) is 15.8. The third kappa shape index (κ3) is 7.68. The van der Waals surface area contributed by atoms with Gasteiger partial charge >= 0.3 is 0 Å². The molecule has 1 unspecified atom stereocenters. The Kier molecular flexibility index (Phi) is 8.67. The molecule has 0 aliphatic rings. The van der Waals surface area contributed by atoms with Crippen molar-refractivity contribution in [2.24, 2.45) is 0 Å². The van der Waals surface area contributed by atoms with E-state index < -0.39 is 0 Å². The van der Waals surface area contributed by atoms with Gasteiger partial charge in [0.1, 0.15) is 11.5 Å². The first kappa shape index (κ1) is 20.0. The monoisotopic (exact) mass is 356 g/mol. The summed E-state index contributed by atoms with van der Waals surface area (Å²) in [6.45, 7) is 2.24.